The number of methoxy groups -OCH3 is 2. The first-order valence-corrected chi connectivity index (χ1v) is 9.95. The third-order valence-electron chi connectivity index (χ3n) is 4.60. The van der Waals surface area contributed by atoms with Gasteiger partial charge in [-0.2, -0.15) is 0 Å². The quantitative estimate of drug-likeness (QED) is 0.612. The summed E-state index contributed by atoms with van der Waals surface area (Å²) >= 11 is 0. The van der Waals surface area contributed by atoms with E-state index in [-0.39, 0.29) is 18.4 Å². The zero-order valence-corrected chi connectivity index (χ0v) is 18.0. The predicted molar refractivity (Wildman–Crippen MR) is 115 cm³/mol. The third-order valence-corrected chi connectivity index (χ3v) is 4.60. The van der Waals surface area contributed by atoms with Crippen molar-refractivity contribution in [1.82, 2.24) is 10.2 Å². The minimum Gasteiger partial charge on any atom is -0.496 e. The van der Waals surface area contributed by atoms with Gasteiger partial charge < -0.3 is 24.4 Å². The maximum Gasteiger partial charge on any atom is 0.261 e. The topological polar surface area (TPSA) is 77.1 Å². The fourth-order valence-corrected chi connectivity index (χ4v) is 2.85. The van der Waals surface area contributed by atoms with Crippen LogP contribution in [0.25, 0.3) is 0 Å². The van der Waals surface area contributed by atoms with Crippen LogP contribution in [0.2, 0.25) is 0 Å². The van der Waals surface area contributed by atoms with Crippen LogP contribution in [0.1, 0.15) is 25.8 Å². The largest absolute Gasteiger partial charge is 0.496 e. The van der Waals surface area contributed by atoms with Gasteiger partial charge in [-0.05, 0) is 18.9 Å². The molecule has 0 radical (unpaired) electrons. The van der Waals surface area contributed by atoms with Gasteiger partial charge in [0.1, 0.15) is 23.3 Å². The molecule has 1 N–H and O–H groups in total. The Morgan fingerprint density at radius 3 is 2.17 bits per heavy atom. The highest BCUT2D eigenvalue weighted by Gasteiger charge is 2.26. The minimum absolute atomic E-state index is 0.191. The first kappa shape index (κ1) is 23.1. The predicted octanol–water partition coefficient (Wildman–Crippen LogP) is 3.03. The van der Waals surface area contributed by atoms with Gasteiger partial charge in [-0.3, -0.25) is 9.59 Å². The molecule has 162 valence electrons. The number of carbonyl (C=O) groups excluding carboxylic acids is 2. The monoisotopic (exact) mass is 414 g/mol. The van der Waals surface area contributed by atoms with Gasteiger partial charge in [-0.1, -0.05) is 37.3 Å². The lowest BCUT2D eigenvalue weighted by Crippen LogP contribution is -2.49. The van der Waals surface area contributed by atoms with Gasteiger partial charge in [-0.25, -0.2) is 0 Å². The van der Waals surface area contributed by atoms with E-state index < -0.39 is 6.04 Å². The Morgan fingerprint density at radius 2 is 1.60 bits per heavy atom. The molecule has 0 aliphatic carbocycles. The SMILES string of the molecule is CCCNC(=O)[C@H](C)N(Cc1ccccc1)C(=O)COc1cc(OC)cc(OC)c1. The molecule has 0 bridgehead atoms. The summed E-state index contributed by atoms with van der Waals surface area (Å²) in [7, 11) is 3.09. The summed E-state index contributed by atoms with van der Waals surface area (Å²) in [4.78, 5) is 27.0. The Hall–Kier alpha value is -3.22. The van der Waals surface area contributed by atoms with Gasteiger partial charge in [0.05, 0.1) is 14.2 Å². The average molecular weight is 415 g/mol. The van der Waals surface area contributed by atoms with Gasteiger partial charge >= 0.3 is 0 Å². The van der Waals surface area contributed by atoms with Crippen molar-refractivity contribution in [2.24, 2.45) is 0 Å². The molecule has 0 saturated heterocycles. The molecule has 0 saturated carbocycles. The van der Waals surface area contributed by atoms with Crippen molar-refractivity contribution in [3.8, 4) is 17.2 Å². The Labute approximate surface area is 177 Å². The van der Waals surface area contributed by atoms with Crippen LogP contribution in [-0.4, -0.2) is 50.1 Å². The van der Waals surface area contributed by atoms with Gasteiger partial charge in [0.2, 0.25) is 5.91 Å². The second kappa shape index (κ2) is 11.7. The number of rotatable bonds is 11. The first-order chi connectivity index (χ1) is 14.5. The summed E-state index contributed by atoms with van der Waals surface area (Å²) in [5.74, 6) is 1.08. The number of carbonyl (C=O) groups is 2. The van der Waals surface area contributed by atoms with E-state index in [9.17, 15) is 9.59 Å². The minimum atomic E-state index is -0.632. The highest BCUT2D eigenvalue weighted by Crippen LogP contribution is 2.27. The van der Waals surface area contributed by atoms with Crippen molar-refractivity contribution in [3.05, 3.63) is 54.1 Å². The number of amides is 2. The third kappa shape index (κ3) is 6.69. The van der Waals surface area contributed by atoms with Crippen molar-refractivity contribution in [1.29, 1.82) is 0 Å². The van der Waals surface area contributed by atoms with E-state index in [0.29, 0.717) is 30.3 Å². The fourth-order valence-electron chi connectivity index (χ4n) is 2.85. The van der Waals surface area contributed by atoms with Gasteiger partial charge in [0, 0.05) is 31.3 Å². The van der Waals surface area contributed by atoms with Crippen LogP contribution in [0.3, 0.4) is 0 Å². The number of nitrogens with one attached hydrogen (secondary N) is 1. The lowest BCUT2D eigenvalue weighted by molar-refractivity contribution is -0.142. The Kier molecular flexibility index (Phi) is 9.00. The number of nitrogens with zero attached hydrogens (tertiary/aromatic N) is 1. The van der Waals surface area contributed by atoms with Crippen molar-refractivity contribution in [3.63, 3.8) is 0 Å². The molecular weight excluding hydrogens is 384 g/mol. The number of benzene rings is 2. The average Bonchev–Trinajstić information content (AvgIpc) is 2.79. The highest BCUT2D eigenvalue weighted by atomic mass is 16.5. The molecule has 7 nitrogen and oxygen atoms in total. The molecule has 2 aromatic carbocycles. The van der Waals surface area contributed by atoms with E-state index in [4.69, 9.17) is 14.2 Å². The summed E-state index contributed by atoms with van der Waals surface area (Å²) in [6.45, 7) is 4.37. The maximum absolute atomic E-state index is 13.0. The summed E-state index contributed by atoms with van der Waals surface area (Å²) in [6.07, 6.45) is 0.825. The van der Waals surface area contributed by atoms with Crippen LogP contribution in [0, 0.1) is 0 Å². The van der Waals surface area contributed by atoms with Crippen LogP contribution >= 0.6 is 0 Å². The lowest BCUT2D eigenvalue weighted by atomic mass is 10.1. The Morgan fingerprint density at radius 1 is 1.00 bits per heavy atom. The fraction of sp³-hybridized carbons (Fsp3) is 0.391. The van der Waals surface area contributed by atoms with Crippen molar-refractivity contribution >= 4 is 11.8 Å². The zero-order chi connectivity index (χ0) is 21.9. The number of hydrogen-bond donors (Lipinski definition) is 1. The molecule has 0 aliphatic heterocycles. The van der Waals surface area contributed by atoms with Crippen LogP contribution < -0.4 is 19.5 Å². The van der Waals surface area contributed by atoms with Gasteiger partial charge in [0.15, 0.2) is 6.61 Å². The van der Waals surface area contributed by atoms with E-state index in [2.05, 4.69) is 5.32 Å². The molecule has 30 heavy (non-hydrogen) atoms. The molecule has 0 heterocycles. The number of hydrogen-bond acceptors (Lipinski definition) is 5. The lowest BCUT2D eigenvalue weighted by Gasteiger charge is -2.28. The van der Waals surface area contributed by atoms with E-state index in [0.717, 1.165) is 12.0 Å². The van der Waals surface area contributed by atoms with E-state index in [1.54, 1.807) is 39.3 Å². The first-order valence-electron chi connectivity index (χ1n) is 9.95. The molecule has 2 rings (SSSR count). The second-order valence-corrected chi connectivity index (χ2v) is 6.81. The Balaban J connectivity index is 2.14. The molecule has 7 heteroatoms. The van der Waals surface area contributed by atoms with Crippen molar-refractivity contribution in [2.45, 2.75) is 32.9 Å². The molecule has 0 unspecified atom stereocenters. The van der Waals surface area contributed by atoms with Crippen LogP contribution in [0.5, 0.6) is 17.2 Å². The summed E-state index contributed by atoms with van der Waals surface area (Å²) in [5, 5.41) is 2.85. The molecule has 0 spiro atoms. The molecule has 0 aliphatic rings. The van der Waals surface area contributed by atoms with Crippen LogP contribution in [0.4, 0.5) is 0 Å². The van der Waals surface area contributed by atoms with Crippen molar-refractivity contribution in [2.75, 3.05) is 27.4 Å². The normalized spacial score (nSPS) is 11.3. The maximum atomic E-state index is 13.0. The van der Waals surface area contributed by atoms with Crippen molar-refractivity contribution < 1.29 is 23.8 Å². The highest BCUT2D eigenvalue weighted by molar-refractivity contribution is 5.87. The van der Waals surface area contributed by atoms with Gasteiger partial charge in [0.25, 0.3) is 5.91 Å². The standard InChI is InChI=1S/C23H30N2O5/c1-5-11-24-23(27)17(2)25(15-18-9-7-6-8-10-18)22(26)16-30-21-13-19(28-3)12-20(14-21)29-4/h6-10,12-14,17H,5,11,15-16H2,1-4H3,(H,24,27)/t17-/m0/s1. The molecule has 2 aromatic rings. The van der Waals surface area contributed by atoms with Gasteiger partial charge in [-0.15, -0.1) is 0 Å². The smallest absolute Gasteiger partial charge is 0.261 e. The summed E-state index contributed by atoms with van der Waals surface area (Å²) in [6, 6.07) is 14.0. The molecule has 0 aromatic heterocycles. The molecule has 0 fully saturated rings. The van der Waals surface area contributed by atoms with E-state index >= 15 is 0 Å². The second-order valence-electron chi connectivity index (χ2n) is 6.81. The zero-order valence-electron chi connectivity index (χ0n) is 18.0. The van der Waals surface area contributed by atoms with E-state index in [1.165, 1.54) is 4.90 Å². The Bertz CT molecular complexity index is 803. The van der Waals surface area contributed by atoms with Crippen LogP contribution in [-0.2, 0) is 16.1 Å². The number of ether oxygens (including phenoxy) is 3. The molecule has 1 atom stereocenters. The summed E-state index contributed by atoms with van der Waals surface area (Å²) in [5.41, 5.74) is 0.934. The molecular formula is C23H30N2O5. The van der Waals surface area contributed by atoms with Crippen LogP contribution in [0.15, 0.2) is 48.5 Å². The summed E-state index contributed by atoms with van der Waals surface area (Å²) < 4.78 is 16.2. The molecule has 2 amide bonds. The van der Waals surface area contributed by atoms with E-state index in [1.807, 2.05) is 37.3 Å².